The van der Waals surface area contributed by atoms with Gasteiger partial charge in [-0.2, -0.15) is 0 Å². The van der Waals surface area contributed by atoms with E-state index in [1.165, 1.54) is 5.56 Å². The van der Waals surface area contributed by atoms with Crippen molar-refractivity contribution in [2.24, 2.45) is 5.92 Å². The van der Waals surface area contributed by atoms with Gasteiger partial charge in [-0.25, -0.2) is 0 Å². The maximum absolute atomic E-state index is 12.3. The third kappa shape index (κ3) is 6.14. The van der Waals surface area contributed by atoms with Gasteiger partial charge in [-0.3, -0.25) is 9.69 Å². The highest BCUT2D eigenvalue weighted by Crippen LogP contribution is 2.17. The Kier molecular flexibility index (Phi) is 7.52. The first-order chi connectivity index (χ1) is 13.7. The molecule has 0 unspecified atom stereocenters. The third-order valence-electron chi connectivity index (χ3n) is 5.16. The van der Waals surface area contributed by atoms with Crippen LogP contribution in [0.5, 0.6) is 5.75 Å². The summed E-state index contributed by atoms with van der Waals surface area (Å²) in [5.41, 5.74) is 2.34. The summed E-state index contributed by atoms with van der Waals surface area (Å²) in [6, 6.07) is 18.2. The molecular formula is C24H28N2O2. The summed E-state index contributed by atoms with van der Waals surface area (Å²) in [6.07, 6.45) is 7.95. The quantitative estimate of drug-likeness (QED) is 0.719. The number of nitrogens with one attached hydrogen (secondary N) is 1. The highest BCUT2D eigenvalue weighted by atomic mass is 16.5. The number of ether oxygens (including phenoxy) is 1. The molecule has 0 radical (unpaired) electrons. The first kappa shape index (κ1) is 20.0. The average molecular weight is 377 g/mol. The Morgan fingerprint density at radius 1 is 1.07 bits per heavy atom. The number of amides is 1. The molecule has 0 bridgehead atoms. The fraction of sp³-hybridized carbons (Fsp3) is 0.375. The second kappa shape index (κ2) is 10.5. The number of nitrogens with zero attached hydrogens (tertiary/aromatic N) is 1. The van der Waals surface area contributed by atoms with Crippen molar-refractivity contribution < 1.29 is 9.53 Å². The summed E-state index contributed by atoms with van der Waals surface area (Å²) < 4.78 is 5.81. The summed E-state index contributed by atoms with van der Waals surface area (Å²) in [5, 5.41) is 3.08. The molecule has 1 saturated heterocycles. The second-order valence-electron chi connectivity index (χ2n) is 7.21. The Balaban J connectivity index is 1.36. The van der Waals surface area contributed by atoms with E-state index in [0.717, 1.165) is 43.7 Å². The van der Waals surface area contributed by atoms with E-state index < -0.39 is 0 Å². The molecule has 2 aromatic carbocycles. The molecule has 1 aliphatic rings. The van der Waals surface area contributed by atoms with Crippen LogP contribution in [0.4, 0.5) is 0 Å². The normalized spacial score (nSPS) is 15.0. The van der Waals surface area contributed by atoms with Gasteiger partial charge in [-0.1, -0.05) is 48.4 Å². The van der Waals surface area contributed by atoms with Gasteiger partial charge in [-0.05, 0) is 55.6 Å². The number of piperidine rings is 1. The molecule has 3 rings (SSSR count). The molecular weight excluding hydrogens is 348 g/mol. The minimum atomic E-state index is 0.114. The minimum Gasteiger partial charge on any atom is -0.489 e. The number of likely N-dealkylation sites (tertiary alicyclic amines) is 1. The Hall–Kier alpha value is -2.77. The largest absolute Gasteiger partial charge is 0.489 e. The molecule has 0 aromatic heterocycles. The monoisotopic (exact) mass is 376 g/mol. The predicted molar refractivity (Wildman–Crippen MR) is 112 cm³/mol. The van der Waals surface area contributed by atoms with Crippen molar-refractivity contribution in [2.45, 2.75) is 25.9 Å². The molecule has 4 nitrogen and oxygen atoms in total. The lowest BCUT2D eigenvalue weighted by Crippen LogP contribution is -2.41. The van der Waals surface area contributed by atoms with E-state index in [1.807, 2.05) is 30.3 Å². The summed E-state index contributed by atoms with van der Waals surface area (Å²) in [7, 11) is 0. The van der Waals surface area contributed by atoms with Gasteiger partial charge in [0.05, 0.1) is 6.54 Å². The number of hydrogen-bond donors (Lipinski definition) is 1. The molecule has 28 heavy (non-hydrogen) atoms. The lowest BCUT2D eigenvalue weighted by atomic mass is 9.96. The Bertz CT molecular complexity index is 773. The average Bonchev–Trinajstić information content (AvgIpc) is 2.74. The van der Waals surface area contributed by atoms with E-state index in [2.05, 4.69) is 40.4 Å². The van der Waals surface area contributed by atoms with Crippen LogP contribution in [0.2, 0.25) is 0 Å². The van der Waals surface area contributed by atoms with Gasteiger partial charge < -0.3 is 10.1 Å². The van der Waals surface area contributed by atoms with E-state index in [9.17, 15) is 4.79 Å². The van der Waals surface area contributed by atoms with Crippen molar-refractivity contribution in [1.29, 1.82) is 0 Å². The van der Waals surface area contributed by atoms with Gasteiger partial charge in [0, 0.05) is 12.5 Å². The number of terminal acetylenes is 1. The van der Waals surface area contributed by atoms with Crippen LogP contribution in [-0.4, -0.2) is 37.0 Å². The summed E-state index contributed by atoms with van der Waals surface area (Å²) >= 11 is 0. The predicted octanol–water partition coefficient (Wildman–Crippen LogP) is 3.27. The molecule has 2 aromatic rings. The Labute approximate surface area is 167 Å². The lowest BCUT2D eigenvalue weighted by molar-refractivity contribution is -0.126. The zero-order chi connectivity index (χ0) is 19.6. The van der Waals surface area contributed by atoms with Gasteiger partial charge in [0.25, 0.3) is 0 Å². The van der Waals surface area contributed by atoms with Gasteiger partial charge in [0.15, 0.2) is 0 Å². The lowest BCUT2D eigenvalue weighted by Gasteiger charge is -2.29. The van der Waals surface area contributed by atoms with Gasteiger partial charge in [-0.15, -0.1) is 6.42 Å². The standard InChI is InChI=1S/C24H28N2O2/c1-2-16-26-17-13-22(14-18-26)24(27)25-15-12-20-8-10-23(11-9-20)28-19-21-6-4-3-5-7-21/h1,3-11,22H,12-19H2,(H,25,27). The molecule has 0 saturated carbocycles. The van der Waals surface area contributed by atoms with Crippen molar-refractivity contribution in [3.63, 3.8) is 0 Å². The van der Waals surface area contributed by atoms with E-state index in [4.69, 9.17) is 11.2 Å². The summed E-state index contributed by atoms with van der Waals surface area (Å²) in [4.78, 5) is 14.6. The van der Waals surface area contributed by atoms with Crippen LogP contribution in [0.1, 0.15) is 24.0 Å². The summed E-state index contributed by atoms with van der Waals surface area (Å²) in [6.45, 7) is 3.73. The van der Waals surface area contributed by atoms with Crippen molar-refractivity contribution in [1.82, 2.24) is 10.2 Å². The molecule has 1 fully saturated rings. The van der Waals surface area contributed by atoms with E-state index in [-0.39, 0.29) is 11.8 Å². The fourth-order valence-electron chi connectivity index (χ4n) is 3.45. The van der Waals surface area contributed by atoms with E-state index >= 15 is 0 Å². The molecule has 0 spiro atoms. The van der Waals surface area contributed by atoms with Crippen molar-refractivity contribution >= 4 is 5.91 Å². The van der Waals surface area contributed by atoms with Crippen LogP contribution in [0.15, 0.2) is 54.6 Å². The molecule has 4 heteroatoms. The zero-order valence-electron chi connectivity index (χ0n) is 16.3. The number of rotatable bonds is 8. The van der Waals surface area contributed by atoms with Crippen molar-refractivity contribution in [2.75, 3.05) is 26.2 Å². The van der Waals surface area contributed by atoms with Crippen LogP contribution in [0, 0.1) is 18.3 Å². The minimum absolute atomic E-state index is 0.114. The van der Waals surface area contributed by atoms with E-state index in [1.54, 1.807) is 0 Å². The number of carbonyl (C=O) groups excluding carboxylic acids is 1. The zero-order valence-corrected chi connectivity index (χ0v) is 16.3. The first-order valence-electron chi connectivity index (χ1n) is 9.94. The highest BCUT2D eigenvalue weighted by molar-refractivity contribution is 5.78. The van der Waals surface area contributed by atoms with Gasteiger partial charge in [0.1, 0.15) is 12.4 Å². The molecule has 1 N–H and O–H groups in total. The SMILES string of the molecule is C#CCN1CCC(C(=O)NCCc2ccc(OCc3ccccc3)cc2)CC1. The number of benzene rings is 2. The summed E-state index contributed by atoms with van der Waals surface area (Å²) in [5.74, 6) is 3.81. The van der Waals surface area contributed by atoms with Crippen LogP contribution >= 0.6 is 0 Å². The van der Waals surface area contributed by atoms with Crippen molar-refractivity contribution in [3.8, 4) is 18.1 Å². The highest BCUT2D eigenvalue weighted by Gasteiger charge is 2.24. The van der Waals surface area contributed by atoms with E-state index in [0.29, 0.717) is 19.7 Å². The third-order valence-corrected chi connectivity index (χ3v) is 5.16. The van der Waals surface area contributed by atoms with Crippen LogP contribution in [0.3, 0.4) is 0 Å². The fourth-order valence-corrected chi connectivity index (χ4v) is 3.45. The van der Waals surface area contributed by atoms with Crippen LogP contribution < -0.4 is 10.1 Å². The Morgan fingerprint density at radius 3 is 2.46 bits per heavy atom. The number of hydrogen-bond acceptors (Lipinski definition) is 3. The molecule has 1 aliphatic heterocycles. The maximum atomic E-state index is 12.3. The molecule has 0 aliphatic carbocycles. The molecule has 146 valence electrons. The smallest absolute Gasteiger partial charge is 0.223 e. The molecule has 1 amide bonds. The number of carbonyl (C=O) groups is 1. The van der Waals surface area contributed by atoms with Gasteiger partial charge in [0.2, 0.25) is 5.91 Å². The molecule has 1 heterocycles. The Morgan fingerprint density at radius 2 is 1.79 bits per heavy atom. The van der Waals surface area contributed by atoms with Gasteiger partial charge >= 0.3 is 0 Å². The molecule has 0 atom stereocenters. The maximum Gasteiger partial charge on any atom is 0.223 e. The first-order valence-corrected chi connectivity index (χ1v) is 9.94. The second-order valence-corrected chi connectivity index (χ2v) is 7.21. The van der Waals surface area contributed by atoms with Crippen LogP contribution in [0.25, 0.3) is 0 Å². The van der Waals surface area contributed by atoms with Crippen molar-refractivity contribution in [3.05, 3.63) is 65.7 Å². The topological polar surface area (TPSA) is 41.6 Å². The van der Waals surface area contributed by atoms with Crippen LogP contribution in [-0.2, 0) is 17.8 Å².